The molecule has 3 heteroatoms. The maximum Gasteiger partial charge on any atom is 0.0316 e. The predicted octanol–water partition coefficient (Wildman–Crippen LogP) is 0.799. The summed E-state index contributed by atoms with van der Waals surface area (Å²) >= 11 is 0. The van der Waals surface area contributed by atoms with Gasteiger partial charge in [-0.05, 0) is 52.4 Å². The maximum atomic E-state index is 5.91. The average molecular weight is 199 g/mol. The van der Waals surface area contributed by atoms with Gasteiger partial charge in [-0.15, -0.1) is 0 Å². The summed E-state index contributed by atoms with van der Waals surface area (Å²) in [7, 11) is 2.20. The molecule has 0 aromatic heterocycles. The van der Waals surface area contributed by atoms with Crippen molar-refractivity contribution in [3.05, 3.63) is 0 Å². The van der Waals surface area contributed by atoms with Crippen LogP contribution in [-0.2, 0) is 0 Å². The molecule has 3 nitrogen and oxygen atoms in total. The highest BCUT2D eigenvalue weighted by Crippen LogP contribution is 2.20. The Balaban J connectivity index is 2.49. The average Bonchev–Trinajstić information content (AvgIpc) is 2.39. The summed E-state index contributed by atoms with van der Waals surface area (Å²) < 4.78 is 0. The summed E-state index contributed by atoms with van der Waals surface area (Å²) in [6, 6.07) is 0. The third kappa shape index (κ3) is 3.23. The third-order valence-electron chi connectivity index (χ3n) is 3.31. The largest absolute Gasteiger partial charge is 0.329 e. The zero-order valence-electron chi connectivity index (χ0n) is 9.68. The first-order valence-electron chi connectivity index (χ1n) is 5.86. The first kappa shape index (κ1) is 12.0. The van der Waals surface area contributed by atoms with Gasteiger partial charge in [0.15, 0.2) is 0 Å². The van der Waals surface area contributed by atoms with Crippen LogP contribution in [0, 0.1) is 0 Å². The van der Waals surface area contributed by atoms with Gasteiger partial charge < -0.3 is 16.0 Å². The van der Waals surface area contributed by atoms with Crippen molar-refractivity contribution in [2.24, 2.45) is 5.73 Å². The van der Waals surface area contributed by atoms with Gasteiger partial charge in [0, 0.05) is 12.1 Å². The van der Waals surface area contributed by atoms with E-state index >= 15 is 0 Å². The van der Waals surface area contributed by atoms with Crippen molar-refractivity contribution in [3.63, 3.8) is 0 Å². The topological polar surface area (TPSA) is 41.3 Å². The fourth-order valence-corrected chi connectivity index (χ4v) is 2.17. The first-order valence-corrected chi connectivity index (χ1v) is 5.86. The Morgan fingerprint density at radius 1 is 1.36 bits per heavy atom. The van der Waals surface area contributed by atoms with Crippen molar-refractivity contribution >= 4 is 0 Å². The number of nitrogens with one attached hydrogen (secondary N) is 1. The van der Waals surface area contributed by atoms with Gasteiger partial charge in [-0.2, -0.15) is 0 Å². The zero-order valence-corrected chi connectivity index (χ0v) is 9.68. The highest BCUT2D eigenvalue weighted by atomic mass is 15.1. The molecule has 14 heavy (non-hydrogen) atoms. The minimum absolute atomic E-state index is 0.223. The lowest BCUT2D eigenvalue weighted by atomic mass is 9.90. The van der Waals surface area contributed by atoms with E-state index in [1.54, 1.807) is 0 Å². The number of nitrogens with two attached hydrogens (primary N) is 1. The van der Waals surface area contributed by atoms with Crippen LogP contribution in [0.15, 0.2) is 0 Å². The van der Waals surface area contributed by atoms with Crippen LogP contribution in [-0.4, -0.2) is 43.7 Å². The van der Waals surface area contributed by atoms with Gasteiger partial charge in [0.05, 0.1) is 0 Å². The molecule has 0 saturated carbocycles. The van der Waals surface area contributed by atoms with Crippen LogP contribution in [0.1, 0.15) is 32.6 Å². The van der Waals surface area contributed by atoms with Crippen molar-refractivity contribution in [2.75, 3.05) is 33.2 Å². The second kappa shape index (κ2) is 5.69. The Bertz CT molecular complexity index is 157. The Morgan fingerprint density at radius 2 is 2.14 bits per heavy atom. The Morgan fingerprint density at radius 3 is 2.79 bits per heavy atom. The SMILES string of the molecule is CCCNC1(CN)CCCN(C)CC1. The molecule has 1 rings (SSSR count). The Kier molecular flexibility index (Phi) is 4.85. The number of hydrogen-bond donors (Lipinski definition) is 2. The van der Waals surface area contributed by atoms with E-state index in [0.717, 1.165) is 13.1 Å². The molecule has 0 aliphatic carbocycles. The Labute approximate surface area is 88.0 Å². The van der Waals surface area contributed by atoms with Gasteiger partial charge in [0.2, 0.25) is 0 Å². The minimum Gasteiger partial charge on any atom is -0.329 e. The van der Waals surface area contributed by atoms with Crippen LogP contribution in [0.5, 0.6) is 0 Å². The molecule has 1 atom stereocenters. The molecule has 0 spiro atoms. The molecule has 1 unspecified atom stereocenters. The van der Waals surface area contributed by atoms with Crippen LogP contribution >= 0.6 is 0 Å². The molecule has 1 aliphatic heterocycles. The van der Waals surface area contributed by atoms with E-state index in [1.807, 2.05) is 0 Å². The number of nitrogens with zero attached hydrogens (tertiary/aromatic N) is 1. The normalized spacial score (nSPS) is 30.2. The number of likely N-dealkylation sites (tertiary alicyclic amines) is 1. The van der Waals surface area contributed by atoms with E-state index in [1.165, 1.54) is 38.8 Å². The van der Waals surface area contributed by atoms with E-state index < -0.39 is 0 Å². The highest BCUT2D eigenvalue weighted by molar-refractivity contribution is 4.91. The molecule has 1 fully saturated rings. The quantitative estimate of drug-likeness (QED) is 0.703. The van der Waals surface area contributed by atoms with Crippen molar-refractivity contribution in [2.45, 2.75) is 38.1 Å². The van der Waals surface area contributed by atoms with E-state index in [0.29, 0.717) is 0 Å². The van der Waals surface area contributed by atoms with Gasteiger partial charge in [0.25, 0.3) is 0 Å². The molecule has 1 aliphatic rings. The van der Waals surface area contributed by atoms with Crippen LogP contribution < -0.4 is 11.1 Å². The molecular weight excluding hydrogens is 174 g/mol. The highest BCUT2D eigenvalue weighted by Gasteiger charge is 2.29. The summed E-state index contributed by atoms with van der Waals surface area (Å²) in [4.78, 5) is 2.41. The van der Waals surface area contributed by atoms with Crippen molar-refractivity contribution in [3.8, 4) is 0 Å². The molecule has 0 radical (unpaired) electrons. The molecule has 0 amide bonds. The molecule has 0 bridgehead atoms. The molecule has 0 aromatic carbocycles. The van der Waals surface area contributed by atoms with E-state index in [-0.39, 0.29) is 5.54 Å². The zero-order chi connectivity index (χ0) is 10.4. The summed E-state index contributed by atoms with van der Waals surface area (Å²) in [5.41, 5.74) is 6.14. The third-order valence-corrected chi connectivity index (χ3v) is 3.31. The molecule has 0 aromatic rings. The fraction of sp³-hybridized carbons (Fsp3) is 1.00. The Hall–Kier alpha value is -0.120. The molecule has 3 N–H and O–H groups in total. The smallest absolute Gasteiger partial charge is 0.0316 e. The maximum absolute atomic E-state index is 5.91. The number of rotatable bonds is 4. The summed E-state index contributed by atoms with van der Waals surface area (Å²) in [5, 5.41) is 3.64. The molecule has 1 saturated heterocycles. The van der Waals surface area contributed by atoms with Crippen LogP contribution in [0.25, 0.3) is 0 Å². The van der Waals surface area contributed by atoms with Crippen LogP contribution in [0.4, 0.5) is 0 Å². The lowest BCUT2D eigenvalue weighted by Gasteiger charge is -2.32. The van der Waals surface area contributed by atoms with Crippen LogP contribution in [0.3, 0.4) is 0 Å². The van der Waals surface area contributed by atoms with Crippen molar-refractivity contribution < 1.29 is 0 Å². The standard InChI is InChI=1S/C11H25N3/c1-3-7-13-11(10-12)5-4-8-14(2)9-6-11/h13H,3-10,12H2,1-2H3. The van der Waals surface area contributed by atoms with E-state index in [9.17, 15) is 0 Å². The second-order valence-corrected chi connectivity index (χ2v) is 4.57. The first-order chi connectivity index (χ1) is 6.72. The van der Waals surface area contributed by atoms with Gasteiger partial charge in [-0.1, -0.05) is 6.92 Å². The second-order valence-electron chi connectivity index (χ2n) is 4.57. The lowest BCUT2D eigenvalue weighted by Crippen LogP contribution is -2.51. The monoisotopic (exact) mass is 199 g/mol. The summed E-state index contributed by atoms with van der Waals surface area (Å²) in [6.45, 7) is 6.48. The summed E-state index contributed by atoms with van der Waals surface area (Å²) in [6.07, 6.45) is 4.88. The van der Waals surface area contributed by atoms with Crippen molar-refractivity contribution in [1.82, 2.24) is 10.2 Å². The fourth-order valence-electron chi connectivity index (χ4n) is 2.17. The van der Waals surface area contributed by atoms with Crippen LogP contribution in [0.2, 0.25) is 0 Å². The van der Waals surface area contributed by atoms with Gasteiger partial charge >= 0.3 is 0 Å². The summed E-state index contributed by atoms with van der Waals surface area (Å²) in [5.74, 6) is 0. The molecule has 1 heterocycles. The molecule has 84 valence electrons. The van der Waals surface area contributed by atoms with Gasteiger partial charge in [-0.3, -0.25) is 0 Å². The van der Waals surface area contributed by atoms with E-state index in [2.05, 4.69) is 24.2 Å². The minimum atomic E-state index is 0.223. The predicted molar refractivity (Wildman–Crippen MR) is 61.4 cm³/mol. The van der Waals surface area contributed by atoms with Gasteiger partial charge in [-0.25, -0.2) is 0 Å². The van der Waals surface area contributed by atoms with Gasteiger partial charge in [0.1, 0.15) is 0 Å². The molecular formula is C11H25N3. The lowest BCUT2D eigenvalue weighted by molar-refractivity contribution is 0.283. The van der Waals surface area contributed by atoms with E-state index in [4.69, 9.17) is 5.73 Å². The van der Waals surface area contributed by atoms with Crippen molar-refractivity contribution in [1.29, 1.82) is 0 Å². The number of hydrogen-bond acceptors (Lipinski definition) is 3.